The molecule has 0 aliphatic rings. The minimum absolute atomic E-state index is 0.0587. The Bertz CT molecular complexity index is 1280. The maximum absolute atomic E-state index is 13.5. The van der Waals surface area contributed by atoms with Crippen LogP contribution in [0.25, 0.3) is 10.2 Å². The van der Waals surface area contributed by atoms with Crippen molar-refractivity contribution in [2.45, 2.75) is 26.9 Å². The molecule has 0 saturated carbocycles. The molecule has 0 atom stereocenters. The Hall–Kier alpha value is -3.71. The lowest BCUT2D eigenvalue weighted by molar-refractivity contribution is 0.0988. The molecule has 4 aromatic rings. The molecule has 7 heteroatoms. The molecular weight excluding hydrogens is 434 g/mol. The molecule has 0 aliphatic carbocycles. The Morgan fingerprint density at radius 2 is 1.73 bits per heavy atom. The number of rotatable bonds is 7. The van der Waals surface area contributed by atoms with Crippen molar-refractivity contribution in [1.29, 1.82) is 0 Å². The summed E-state index contributed by atoms with van der Waals surface area (Å²) in [5, 5.41) is 6.38. The van der Waals surface area contributed by atoms with Crippen LogP contribution in [-0.2, 0) is 0 Å². The van der Waals surface area contributed by atoms with Crippen LogP contribution >= 0.6 is 11.3 Å². The number of aryl methyl sites for hydroxylation is 1. The van der Waals surface area contributed by atoms with E-state index in [1.54, 1.807) is 37.6 Å². The number of nitrogens with zero attached hydrogens (tertiary/aromatic N) is 3. The van der Waals surface area contributed by atoms with Crippen molar-refractivity contribution >= 4 is 38.8 Å². The summed E-state index contributed by atoms with van der Waals surface area (Å²) in [4.78, 5) is 18.1. The highest BCUT2D eigenvalue weighted by Crippen LogP contribution is 2.31. The molecule has 168 valence electrons. The summed E-state index contributed by atoms with van der Waals surface area (Å²) in [6, 6.07) is 20.6. The number of ether oxygens (including phenoxy) is 2. The Balaban J connectivity index is 1.69. The quantitative estimate of drug-likeness (QED) is 0.248. The summed E-state index contributed by atoms with van der Waals surface area (Å²) in [5.74, 6) is 1.20. The van der Waals surface area contributed by atoms with E-state index in [-0.39, 0.29) is 12.0 Å². The van der Waals surface area contributed by atoms with Crippen LogP contribution in [0.15, 0.2) is 71.8 Å². The smallest absolute Gasteiger partial charge is 0.280 e. The maximum Gasteiger partial charge on any atom is 0.280 e. The van der Waals surface area contributed by atoms with Crippen molar-refractivity contribution in [3.05, 3.63) is 83.4 Å². The molecule has 0 spiro atoms. The summed E-state index contributed by atoms with van der Waals surface area (Å²) in [6.45, 7) is 5.96. The van der Waals surface area contributed by atoms with Crippen LogP contribution in [0.1, 0.15) is 35.3 Å². The van der Waals surface area contributed by atoms with E-state index >= 15 is 0 Å². The normalized spacial score (nSPS) is 11.3. The molecule has 0 fully saturated rings. The first-order valence-corrected chi connectivity index (χ1v) is 11.4. The zero-order valence-electron chi connectivity index (χ0n) is 19.0. The highest BCUT2D eigenvalue weighted by atomic mass is 32.1. The molecule has 0 unspecified atom stereocenters. The number of aromatic nitrogens is 1. The van der Waals surface area contributed by atoms with Crippen molar-refractivity contribution in [3.63, 3.8) is 0 Å². The lowest BCUT2D eigenvalue weighted by atomic mass is 10.2. The van der Waals surface area contributed by atoms with E-state index in [1.807, 2.05) is 57.2 Å². The minimum Gasteiger partial charge on any atom is -0.497 e. The highest BCUT2D eigenvalue weighted by Gasteiger charge is 2.21. The number of hydrogen-bond acceptors (Lipinski definition) is 6. The third kappa shape index (κ3) is 5.38. The van der Waals surface area contributed by atoms with Gasteiger partial charge in [-0.2, -0.15) is 10.1 Å². The maximum atomic E-state index is 13.5. The first kappa shape index (κ1) is 22.5. The molecule has 0 N–H and O–H groups in total. The molecule has 1 aromatic heterocycles. The van der Waals surface area contributed by atoms with Gasteiger partial charge < -0.3 is 9.47 Å². The van der Waals surface area contributed by atoms with Gasteiger partial charge in [0.2, 0.25) is 5.13 Å². The molecule has 0 saturated heterocycles. The van der Waals surface area contributed by atoms with Crippen molar-refractivity contribution in [2.24, 2.45) is 5.10 Å². The SMILES string of the molecule is COc1ccc(/C=N/N(C(=O)c2ccc(OC(C)C)cc2)c2nc3ccc(C)cc3s2)cc1. The molecule has 6 nitrogen and oxygen atoms in total. The van der Waals surface area contributed by atoms with Crippen LogP contribution in [-0.4, -0.2) is 30.3 Å². The topological polar surface area (TPSA) is 64.0 Å². The average molecular weight is 460 g/mol. The first-order valence-electron chi connectivity index (χ1n) is 10.6. The van der Waals surface area contributed by atoms with E-state index in [0.29, 0.717) is 16.4 Å². The first-order chi connectivity index (χ1) is 15.9. The van der Waals surface area contributed by atoms with E-state index in [9.17, 15) is 4.79 Å². The van der Waals surface area contributed by atoms with E-state index < -0.39 is 0 Å². The van der Waals surface area contributed by atoms with E-state index in [4.69, 9.17) is 9.47 Å². The number of carbonyl (C=O) groups excluding carboxylic acids is 1. The van der Waals surface area contributed by atoms with E-state index in [1.165, 1.54) is 16.3 Å². The van der Waals surface area contributed by atoms with Gasteiger partial charge in [0.05, 0.1) is 29.6 Å². The molecule has 3 aromatic carbocycles. The van der Waals surface area contributed by atoms with Crippen LogP contribution in [0.4, 0.5) is 5.13 Å². The summed E-state index contributed by atoms with van der Waals surface area (Å²) in [5.41, 5.74) is 3.30. The third-order valence-corrected chi connectivity index (χ3v) is 5.81. The lowest BCUT2D eigenvalue weighted by Crippen LogP contribution is -2.25. The number of fused-ring (bicyclic) bond motifs is 1. The van der Waals surface area contributed by atoms with E-state index in [0.717, 1.165) is 27.1 Å². The fourth-order valence-electron chi connectivity index (χ4n) is 3.18. The molecule has 1 amide bonds. The predicted octanol–water partition coefficient (Wildman–Crippen LogP) is 6.08. The molecule has 33 heavy (non-hydrogen) atoms. The van der Waals surface area contributed by atoms with Gasteiger partial charge in [0.1, 0.15) is 11.5 Å². The van der Waals surface area contributed by atoms with Gasteiger partial charge in [0.15, 0.2) is 0 Å². The predicted molar refractivity (Wildman–Crippen MR) is 134 cm³/mol. The molecule has 0 radical (unpaired) electrons. The van der Waals surface area contributed by atoms with Gasteiger partial charge in [-0.05, 0) is 92.6 Å². The standard InChI is InChI=1S/C26H25N3O3S/c1-17(2)32-22-12-8-20(9-13-22)25(30)29(27-16-19-6-10-21(31-4)11-7-19)26-28-23-14-5-18(3)15-24(23)33-26/h5-17H,1-4H3/b27-16+. The van der Waals surface area contributed by atoms with Gasteiger partial charge in [-0.3, -0.25) is 4.79 Å². The van der Waals surface area contributed by atoms with Gasteiger partial charge in [-0.1, -0.05) is 17.4 Å². The Kier molecular flexibility index (Phi) is 6.70. The fourth-order valence-corrected chi connectivity index (χ4v) is 4.20. The molecule has 0 aliphatic heterocycles. The Labute approximate surface area is 197 Å². The van der Waals surface area contributed by atoms with Crippen LogP contribution < -0.4 is 14.5 Å². The number of anilines is 1. The van der Waals surface area contributed by atoms with Crippen molar-refractivity contribution in [3.8, 4) is 11.5 Å². The summed E-state index contributed by atoms with van der Waals surface area (Å²) < 4.78 is 11.9. The third-order valence-electron chi connectivity index (χ3n) is 4.82. The molecule has 1 heterocycles. The lowest BCUT2D eigenvalue weighted by Gasteiger charge is -2.15. The zero-order valence-corrected chi connectivity index (χ0v) is 19.8. The van der Waals surface area contributed by atoms with Gasteiger partial charge in [-0.25, -0.2) is 4.98 Å². The summed E-state index contributed by atoms with van der Waals surface area (Å²) in [7, 11) is 1.62. The summed E-state index contributed by atoms with van der Waals surface area (Å²) >= 11 is 1.43. The number of hydrazone groups is 1. The van der Waals surface area contributed by atoms with Crippen molar-refractivity contribution in [2.75, 3.05) is 12.1 Å². The fraction of sp³-hybridized carbons (Fsp3) is 0.192. The number of amides is 1. The van der Waals surface area contributed by atoms with Gasteiger partial charge in [-0.15, -0.1) is 0 Å². The second kappa shape index (κ2) is 9.83. The van der Waals surface area contributed by atoms with Crippen LogP contribution in [0.3, 0.4) is 0 Å². The van der Waals surface area contributed by atoms with Crippen LogP contribution in [0.5, 0.6) is 11.5 Å². The van der Waals surface area contributed by atoms with Crippen LogP contribution in [0, 0.1) is 6.92 Å². The number of methoxy groups -OCH3 is 1. The second-order valence-electron chi connectivity index (χ2n) is 7.79. The van der Waals surface area contributed by atoms with Crippen LogP contribution in [0.2, 0.25) is 0 Å². The van der Waals surface area contributed by atoms with Gasteiger partial charge in [0.25, 0.3) is 5.91 Å². The number of carbonyl (C=O) groups is 1. The minimum atomic E-state index is -0.272. The second-order valence-corrected chi connectivity index (χ2v) is 8.80. The largest absolute Gasteiger partial charge is 0.497 e. The highest BCUT2D eigenvalue weighted by molar-refractivity contribution is 7.22. The molecule has 4 rings (SSSR count). The van der Waals surface area contributed by atoms with Gasteiger partial charge in [0, 0.05) is 5.56 Å². The number of benzene rings is 3. The molecule has 0 bridgehead atoms. The molecular formula is C26H25N3O3S. The van der Waals surface area contributed by atoms with Crippen molar-refractivity contribution in [1.82, 2.24) is 4.98 Å². The monoisotopic (exact) mass is 459 g/mol. The van der Waals surface area contributed by atoms with Gasteiger partial charge >= 0.3 is 0 Å². The Morgan fingerprint density at radius 1 is 1.03 bits per heavy atom. The average Bonchev–Trinajstić information content (AvgIpc) is 3.22. The number of hydrogen-bond donors (Lipinski definition) is 0. The Morgan fingerprint density at radius 3 is 2.39 bits per heavy atom. The number of thiazole rings is 1. The van der Waals surface area contributed by atoms with E-state index in [2.05, 4.69) is 16.2 Å². The van der Waals surface area contributed by atoms with Crippen molar-refractivity contribution < 1.29 is 14.3 Å². The zero-order chi connectivity index (χ0) is 23.4. The summed E-state index contributed by atoms with van der Waals surface area (Å²) in [6.07, 6.45) is 1.70.